The van der Waals surface area contributed by atoms with Gasteiger partial charge in [0.05, 0.1) is 11.8 Å². The summed E-state index contributed by atoms with van der Waals surface area (Å²) in [6, 6.07) is 9.05. The number of rotatable bonds is 4. The normalized spacial score (nSPS) is 22.0. The van der Waals surface area contributed by atoms with Gasteiger partial charge in [-0.1, -0.05) is 6.07 Å². The lowest BCUT2D eigenvalue weighted by Crippen LogP contribution is -2.53. The molecule has 6 nitrogen and oxygen atoms in total. The van der Waals surface area contributed by atoms with E-state index in [9.17, 15) is 5.26 Å². The minimum atomic E-state index is 0.0210. The zero-order chi connectivity index (χ0) is 17.4. The first kappa shape index (κ1) is 16.2. The maximum Gasteiger partial charge on any atom is 0.153 e. The van der Waals surface area contributed by atoms with E-state index in [1.807, 2.05) is 22.9 Å². The van der Waals surface area contributed by atoms with Crippen LogP contribution in [0.2, 0.25) is 0 Å². The standard InChI is InChI=1S/C19H24N6/c1-14-18(15(2)25(22-14)19-5-3-4-8-21-19)13-23-9-10-24(16-6-7-16)17(11-20)12-23/h3-5,8,16-17H,6-7,9-10,12-13H2,1-2H3. The zero-order valence-electron chi connectivity index (χ0n) is 14.9. The van der Waals surface area contributed by atoms with E-state index in [4.69, 9.17) is 5.10 Å². The molecule has 0 N–H and O–H groups in total. The highest BCUT2D eigenvalue weighted by atomic mass is 15.3. The highest BCUT2D eigenvalue weighted by Crippen LogP contribution is 2.30. The molecule has 2 aromatic heterocycles. The van der Waals surface area contributed by atoms with E-state index in [0.29, 0.717) is 6.04 Å². The van der Waals surface area contributed by atoms with Crippen LogP contribution in [0.4, 0.5) is 0 Å². The van der Waals surface area contributed by atoms with Crippen LogP contribution >= 0.6 is 0 Å². The molecule has 0 spiro atoms. The monoisotopic (exact) mass is 336 g/mol. The first-order valence-corrected chi connectivity index (χ1v) is 9.01. The summed E-state index contributed by atoms with van der Waals surface area (Å²) in [5.41, 5.74) is 3.43. The second kappa shape index (κ2) is 6.58. The molecule has 0 amide bonds. The summed E-state index contributed by atoms with van der Waals surface area (Å²) < 4.78 is 1.92. The van der Waals surface area contributed by atoms with E-state index < -0.39 is 0 Å². The summed E-state index contributed by atoms with van der Waals surface area (Å²) in [4.78, 5) is 9.20. The lowest BCUT2D eigenvalue weighted by molar-refractivity contribution is 0.0895. The number of hydrogen-bond donors (Lipinski definition) is 0. The lowest BCUT2D eigenvalue weighted by atomic mass is 10.1. The summed E-state index contributed by atoms with van der Waals surface area (Å²) in [6.07, 6.45) is 4.31. The molecule has 1 aliphatic heterocycles. The topological polar surface area (TPSA) is 61.0 Å². The third-order valence-electron chi connectivity index (χ3n) is 5.36. The number of pyridine rings is 1. The fourth-order valence-corrected chi connectivity index (χ4v) is 3.78. The van der Waals surface area contributed by atoms with Gasteiger partial charge in [-0.3, -0.25) is 9.80 Å². The van der Waals surface area contributed by atoms with Gasteiger partial charge in [0.15, 0.2) is 5.82 Å². The van der Waals surface area contributed by atoms with Crippen LogP contribution in [0, 0.1) is 25.2 Å². The van der Waals surface area contributed by atoms with Crippen molar-refractivity contribution in [3.8, 4) is 11.9 Å². The molecule has 1 unspecified atom stereocenters. The van der Waals surface area contributed by atoms with Gasteiger partial charge in [0.25, 0.3) is 0 Å². The van der Waals surface area contributed by atoms with Crippen LogP contribution in [-0.4, -0.2) is 56.3 Å². The Morgan fingerprint density at radius 1 is 1.24 bits per heavy atom. The Bertz CT molecular complexity index is 786. The zero-order valence-corrected chi connectivity index (χ0v) is 14.9. The average Bonchev–Trinajstić information content (AvgIpc) is 3.45. The lowest BCUT2D eigenvalue weighted by Gasteiger charge is -2.38. The Hall–Kier alpha value is -2.23. The van der Waals surface area contributed by atoms with Crippen LogP contribution < -0.4 is 0 Å². The van der Waals surface area contributed by atoms with Gasteiger partial charge in [-0.05, 0) is 38.8 Å². The van der Waals surface area contributed by atoms with E-state index in [1.165, 1.54) is 18.4 Å². The van der Waals surface area contributed by atoms with E-state index in [2.05, 4.69) is 34.7 Å². The molecule has 2 aliphatic rings. The molecule has 1 atom stereocenters. The number of nitrogens with zero attached hydrogens (tertiary/aromatic N) is 6. The molecular formula is C19H24N6. The Morgan fingerprint density at radius 3 is 2.76 bits per heavy atom. The van der Waals surface area contributed by atoms with Crippen molar-refractivity contribution in [1.29, 1.82) is 5.26 Å². The predicted molar refractivity (Wildman–Crippen MR) is 95.2 cm³/mol. The van der Waals surface area contributed by atoms with Crippen LogP contribution in [0.25, 0.3) is 5.82 Å². The Morgan fingerprint density at radius 2 is 2.08 bits per heavy atom. The van der Waals surface area contributed by atoms with Gasteiger partial charge < -0.3 is 0 Å². The Labute approximate surface area is 148 Å². The molecule has 6 heteroatoms. The number of hydrogen-bond acceptors (Lipinski definition) is 5. The minimum Gasteiger partial charge on any atom is -0.295 e. The van der Waals surface area contributed by atoms with E-state index in [-0.39, 0.29) is 6.04 Å². The van der Waals surface area contributed by atoms with Crippen molar-refractivity contribution in [2.24, 2.45) is 0 Å². The second-order valence-electron chi connectivity index (χ2n) is 7.10. The Kier molecular flexibility index (Phi) is 4.28. The quantitative estimate of drug-likeness (QED) is 0.855. The third kappa shape index (κ3) is 3.17. The summed E-state index contributed by atoms with van der Waals surface area (Å²) in [5, 5.41) is 14.2. The van der Waals surface area contributed by atoms with Crippen LogP contribution in [0.15, 0.2) is 24.4 Å². The molecular weight excluding hydrogens is 312 g/mol. The van der Waals surface area contributed by atoms with E-state index >= 15 is 0 Å². The summed E-state index contributed by atoms with van der Waals surface area (Å²) >= 11 is 0. The fraction of sp³-hybridized carbons (Fsp3) is 0.526. The van der Waals surface area contributed by atoms with Crippen molar-refractivity contribution in [2.45, 2.75) is 45.3 Å². The van der Waals surface area contributed by atoms with Crippen molar-refractivity contribution in [2.75, 3.05) is 19.6 Å². The SMILES string of the molecule is Cc1nn(-c2ccccn2)c(C)c1CN1CCN(C2CC2)C(C#N)C1. The first-order valence-electron chi connectivity index (χ1n) is 9.01. The van der Waals surface area contributed by atoms with E-state index in [0.717, 1.165) is 43.4 Å². The van der Waals surface area contributed by atoms with Gasteiger partial charge in [0, 0.05) is 49.7 Å². The van der Waals surface area contributed by atoms with Crippen molar-refractivity contribution >= 4 is 0 Å². The number of aromatic nitrogens is 3. The highest BCUT2D eigenvalue weighted by molar-refractivity contribution is 5.32. The first-order chi connectivity index (χ1) is 12.2. The van der Waals surface area contributed by atoms with Crippen LogP contribution in [0.5, 0.6) is 0 Å². The molecule has 1 saturated carbocycles. The van der Waals surface area contributed by atoms with Crippen molar-refractivity contribution in [3.63, 3.8) is 0 Å². The molecule has 0 aromatic carbocycles. The molecule has 1 aliphatic carbocycles. The summed E-state index contributed by atoms with van der Waals surface area (Å²) in [6.45, 7) is 7.84. The van der Waals surface area contributed by atoms with Crippen molar-refractivity contribution < 1.29 is 0 Å². The van der Waals surface area contributed by atoms with Crippen LogP contribution in [-0.2, 0) is 6.54 Å². The second-order valence-corrected chi connectivity index (χ2v) is 7.10. The maximum atomic E-state index is 9.54. The molecule has 0 bridgehead atoms. The molecule has 0 radical (unpaired) electrons. The molecule has 2 aromatic rings. The smallest absolute Gasteiger partial charge is 0.153 e. The molecule has 2 fully saturated rings. The van der Waals surface area contributed by atoms with Gasteiger partial charge in [0.2, 0.25) is 0 Å². The molecule has 3 heterocycles. The molecule has 130 valence electrons. The minimum absolute atomic E-state index is 0.0210. The average molecular weight is 336 g/mol. The molecule has 1 saturated heterocycles. The van der Waals surface area contributed by atoms with Gasteiger partial charge in [-0.2, -0.15) is 10.4 Å². The highest BCUT2D eigenvalue weighted by Gasteiger charge is 2.37. The number of aryl methyl sites for hydroxylation is 1. The predicted octanol–water partition coefficient (Wildman–Crippen LogP) is 2.06. The van der Waals surface area contributed by atoms with Crippen LogP contribution in [0.1, 0.15) is 29.8 Å². The van der Waals surface area contributed by atoms with Gasteiger partial charge in [-0.25, -0.2) is 9.67 Å². The largest absolute Gasteiger partial charge is 0.295 e. The maximum absolute atomic E-state index is 9.54. The number of nitriles is 1. The van der Waals surface area contributed by atoms with Gasteiger partial charge in [-0.15, -0.1) is 0 Å². The Balaban J connectivity index is 1.52. The van der Waals surface area contributed by atoms with E-state index in [1.54, 1.807) is 6.20 Å². The summed E-state index contributed by atoms with van der Waals surface area (Å²) in [5.74, 6) is 0.850. The fourth-order valence-electron chi connectivity index (χ4n) is 3.78. The van der Waals surface area contributed by atoms with Gasteiger partial charge >= 0.3 is 0 Å². The number of piperazine rings is 1. The van der Waals surface area contributed by atoms with Gasteiger partial charge in [0.1, 0.15) is 6.04 Å². The summed E-state index contributed by atoms with van der Waals surface area (Å²) in [7, 11) is 0. The van der Waals surface area contributed by atoms with Crippen molar-refractivity contribution in [1.82, 2.24) is 24.6 Å². The molecule has 4 rings (SSSR count). The van der Waals surface area contributed by atoms with Crippen LogP contribution in [0.3, 0.4) is 0 Å². The third-order valence-corrected chi connectivity index (χ3v) is 5.36. The van der Waals surface area contributed by atoms with Crippen molar-refractivity contribution in [3.05, 3.63) is 41.3 Å². The molecule has 25 heavy (non-hydrogen) atoms.